The largest absolute Gasteiger partial charge is 0.436 e. The minimum atomic E-state index is -1.80. The predicted octanol–water partition coefficient (Wildman–Crippen LogP) is 3.67. The molecular weight excluding hydrogens is 602 g/mol. The van der Waals surface area contributed by atoms with Gasteiger partial charge >= 0.3 is 18.1 Å². The van der Waals surface area contributed by atoms with Crippen molar-refractivity contribution in [2.75, 3.05) is 11.5 Å². The van der Waals surface area contributed by atoms with E-state index in [2.05, 4.69) is 46.7 Å². The van der Waals surface area contributed by atoms with E-state index in [-0.39, 0.29) is 28.4 Å². The number of esters is 1. The first-order valence-corrected chi connectivity index (χ1v) is 14.1. The number of fused-ring (bicyclic) bond motifs is 2. The van der Waals surface area contributed by atoms with Crippen LogP contribution in [0.2, 0.25) is 0 Å². The Morgan fingerprint density at radius 2 is 1.67 bits per heavy atom. The highest BCUT2D eigenvalue weighted by Gasteiger charge is 2.46. The second-order valence-electron chi connectivity index (χ2n) is 10.3. The zero-order valence-electron chi connectivity index (χ0n) is 29.7. The van der Waals surface area contributed by atoms with Crippen LogP contribution in [0.15, 0.2) is 12.7 Å². The Bertz CT molecular complexity index is 1980. The lowest BCUT2D eigenvalue weighted by molar-refractivity contribution is -0.179. The summed E-state index contributed by atoms with van der Waals surface area (Å²) in [5, 5.41) is 0. The summed E-state index contributed by atoms with van der Waals surface area (Å²) in [5.74, 6) is 3.33. The summed E-state index contributed by atoms with van der Waals surface area (Å²) in [6.07, 6.45) is 6.85. The first-order chi connectivity index (χ1) is 23.3. The maximum atomic E-state index is 13.5. The molecule has 0 saturated carbocycles. The monoisotopic (exact) mass is 642 g/mol. The highest BCUT2D eigenvalue weighted by molar-refractivity contribution is 5.81. The molecule has 2 fully saturated rings. The van der Waals surface area contributed by atoms with Crippen molar-refractivity contribution in [3.63, 3.8) is 0 Å². The summed E-state index contributed by atoms with van der Waals surface area (Å²) < 4.78 is 75.9. The van der Waals surface area contributed by atoms with Gasteiger partial charge in [-0.25, -0.2) is 9.97 Å². The average molecular weight is 643 g/mol. The van der Waals surface area contributed by atoms with E-state index >= 15 is 0 Å². The summed E-state index contributed by atoms with van der Waals surface area (Å²) in [4.78, 5) is 35.1. The molecule has 6 atom stereocenters. The normalized spacial score (nSPS) is 30.3. The number of hydrogen-bond acceptors (Lipinski definition) is 12. The molecule has 0 aliphatic carbocycles. The molecule has 0 bridgehead atoms. The van der Waals surface area contributed by atoms with E-state index in [9.17, 15) is 13.6 Å². The van der Waals surface area contributed by atoms with Gasteiger partial charge in [0.05, 0.1) is 12.7 Å². The van der Waals surface area contributed by atoms with Gasteiger partial charge in [-0.05, 0) is 19.2 Å². The lowest BCUT2D eigenvalue weighted by atomic mass is 9.87. The van der Waals surface area contributed by atoms with Gasteiger partial charge in [0.1, 0.15) is 22.9 Å². The van der Waals surface area contributed by atoms with Gasteiger partial charge in [-0.15, -0.1) is 12.8 Å². The Hall–Kier alpha value is -4.93. The molecule has 5 N–H and O–H groups in total. The number of H-pyrrole nitrogens is 1. The SMILES string of the molecule is Nc1nc(F)nc2nc[nH]c12.[2H]C1([2H])C(OC(C)=O)O[C@](C#C)(CC)[C@H]1C.[2H]C1([2H])[C@H](n2cnc3c(N)nc(F)nc32)O[C@](C#C)(CC)[C@H]1C. The number of hydrogen-bond donors (Lipinski definition) is 3. The number of carbonyl (C=O) groups excluding carboxylic acids is 1. The van der Waals surface area contributed by atoms with Crippen molar-refractivity contribution < 1.29 is 33.3 Å². The van der Waals surface area contributed by atoms with Crippen molar-refractivity contribution in [2.45, 2.75) is 83.9 Å². The van der Waals surface area contributed by atoms with Gasteiger partial charge in [0.15, 0.2) is 28.4 Å². The maximum Gasteiger partial charge on any atom is 0.312 e. The number of aromatic amines is 1. The topological polar surface area (TPSA) is 195 Å². The number of nitrogen functional groups attached to an aromatic ring is 2. The standard InChI is InChI=1S/C14H16FN5O.C11H16O3.C5H4FN5/c1-4-14(5-2)8(3)6-9(21-14)20-7-17-10-11(16)18-13(15)19-12(10)20;1-5-11(6-2)8(3)7-10(14-11)13-9(4)12;6-5-10-3(7)2-4(11-5)9-1-8-2/h1,7-9H,5-6H2,2-3H3,(H2,16,18,19);1,8,10H,6-7H2,2-4H3;1H,(H3,7,8,9,10,11)/t8-,9+,14+;8-,10?,11+;/m00./s1/i6D2;7D2;. The fourth-order valence-electron chi connectivity index (χ4n) is 4.91. The van der Waals surface area contributed by atoms with Crippen LogP contribution in [0.5, 0.6) is 0 Å². The molecule has 4 aromatic rings. The van der Waals surface area contributed by atoms with E-state index in [0.717, 1.165) is 0 Å². The second-order valence-corrected chi connectivity index (χ2v) is 10.3. The molecule has 2 saturated heterocycles. The number of nitrogens with zero attached hydrogens (tertiary/aromatic N) is 7. The van der Waals surface area contributed by atoms with Gasteiger partial charge in [0, 0.05) is 30.6 Å². The van der Waals surface area contributed by atoms with Gasteiger partial charge in [-0.3, -0.25) is 9.36 Å². The molecule has 0 spiro atoms. The van der Waals surface area contributed by atoms with Crippen molar-refractivity contribution >= 4 is 39.9 Å². The van der Waals surface area contributed by atoms with Crippen molar-refractivity contribution in [1.29, 1.82) is 0 Å². The van der Waals surface area contributed by atoms with E-state index in [1.54, 1.807) is 13.8 Å². The molecule has 6 heterocycles. The number of ether oxygens (including phenoxy) is 3. The molecule has 0 aromatic carbocycles. The molecule has 46 heavy (non-hydrogen) atoms. The fraction of sp³-hybridized carbons (Fsp3) is 0.500. The highest BCUT2D eigenvalue weighted by atomic mass is 19.1. The number of aromatic nitrogens is 8. The van der Waals surface area contributed by atoms with Gasteiger partial charge in [0.2, 0.25) is 6.29 Å². The minimum absolute atomic E-state index is 0.0694. The maximum absolute atomic E-state index is 13.5. The highest BCUT2D eigenvalue weighted by Crippen LogP contribution is 2.43. The Morgan fingerprint density at radius 1 is 1.07 bits per heavy atom. The zero-order valence-corrected chi connectivity index (χ0v) is 25.7. The predicted molar refractivity (Wildman–Crippen MR) is 164 cm³/mol. The van der Waals surface area contributed by atoms with E-state index in [4.69, 9.17) is 44.0 Å². The Labute approximate surface area is 269 Å². The van der Waals surface area contributed by atoms with E-state index in [1.165, 1.54) is 24.1 Å². The molecule has 6 rings (SSSR count). The van der Waals surface area contributed by atoms with Crippen molar-refractivity contribution in [3.05, 3.63) is 24.8 Å². The molecular formula is C30H36F2N10O4. The van der Waals surface area contributed by atoms with Crippen molar-refractivity contribution in [3.8, 4) is 24.7 Å². The molecule has 0 radical (unpaired) electrons. The lowest BCUT2D eigenvalue weighted by Gasteiger charge is -2.25. The number of anilines is 2. The average Bonchev–Trinajstić information content (AvgIpc) is 3.79. The van der Waals surface area contributed by atoms with Crippen LogP contribution in [0.1, 0.15) is 71.9 Å². The summed E-state index contributed by atoms with van der Waals surface area (Å²) >= 11 is 0. The third-order valence-corrected chi connectivity index (χ3v) is 7.59. The number of rotatable bonds is 4. The summed E-state index contributed by atoms with van der Waals surface area (Å²) in [7, 11) is 0. The van der Waals surface area contributed by atoms with E-state index < -0.39 is 66.4 Å². The Morgan fingerprint density at radius 3 is 2.26 bits per heavy atom. The van der Waals surface area contributed by atoms with Crippen LogP contribution >= 0.6 is 0 Å². The molecule has 0 amide bonds. The quantitative estimate of drug-likeness (QED) is 0.166. The van der Waals surface area contributed by atoms with Crippen LogP contribution in [0, 0.1) is 48.7 Å². The Kier molecular flexibility index (Phi) is 8.44. The van der Waals surface area contributed by atoms with Crippen molar-refractivity contribution in [1.82, 2.24) is 39.5 Å². The van der Waals surface area contributed by atoms with Crippen LogP contribution in [0.4, 0.5) is 20.4 Å². The van der Waals surface area contributed by atoms with Crippen LogP contribution < -0.4 is 11.5 Å². The first kappa shape index (κ1) is 28.5. The van der Waals surface area contributed by atoms with Gasteiger partial charge in [-0.1, -0.05) is 39.5 Å². The molecule has 2 aliphatic rings. The number of terminal acetylenes is 2. The van der Waals surface area contributed by atoms with Gasteiger partial charge in [0.25, 0.3) is 0 Å². The summed E-state index contributed by atoms with van der Waals surface area (Å²) in [5.41, 5.74) is 9.89. The molecule has 16 heteroatoms. The Balaban J connectivity index is 0.000000181. The van der Waals surface area contributed by atoms with E-state index in [1.807, 2.05) is 13.8 Å². The smallest absolute Gasteiger partial charge is 0.312 e. The van der Waals surface area contributed by atoms with Crippen LogP contribution in [-0.2, 0) is 19.0 Å². The van der Waals surface area contributed by atoms with Crippen molar-refractivity contribution in [2.24, 2.45) is 11.8 Å². The van der Waals surface area contributed by atoms with Crippen LogP contribution in [-0.4, -0.2) is 62.9 Å². The molecule has 244 valence electrons. The lowest BCUT2D eigenvalue weighted by Crippen LogP contribution is -2.32. The number of nitrogens with one attached hydrogen (secondary N) is 1. The molecule has 14 nitrogen and oxygen atoms in total. The molecule has 4 aromatic heterocycles. The molecule has 1 unspecified atom stereocenters. The number of halogens is 2. The third-order valence-electron chi connectivity index (χ3n) is 7.59. The fourth-order valence-corrected chi connectivity index (χ4v) is 4.91. The van der Waals surface area contributed by atoms with Gasteiger partial charge < -0.3 is 30.7 Å². The second kappa shape index (κ2) is 13.6. The number of imidazole rings is 2. The van der Waals surface area contributed by atoms with E-state index in [0.29, 0.717) is 18.4 Å². The number of carbonyl (C=O) groups is 1. The molecule has 2 aliphatic heterocycles. The minimum Gasteiger partial charge on any atom is -0.436 e. The summed E-state index contributed by atoms with van der Waals surface area (Å²) in [6.45, 7) is 8.24. The van der Waals surface area contributed by atoms with Crippen LogP contribution in [0.25, 0.3) is 22.3 Å². The zero-order chi connectivity index (χ0) is 37.4. The number of nitrogens with two attached hydrogens (primary N) is 2. The van der Waals surface area contributed by atoms with Gasteiger partial charge in [-0.2, -0.15) is 28.7 Å². The third kappa shape index (κ3) is 6.68. The summed E-state index contributed by atoms with van der Waals surface area (Å²) in [6, 6.07) is 0. The first-order valence-electron chi connectivity index (χ1n) is 16.1. The van der Waals surface area contributed by atoms with Crippen LogP contribution in [0.3, 0.4) is 0 Å².